The number of primary sulfonamides is 1. The number of halogens is 1. The minimum atomic E-state index is -3.96. The zero-order chi connectivity index (χ0) is 18.9. The van der Waals surface area contributed by atoms with Gasteiger partial charge >= 0.3 is 0 Å². The molecule has 2 aromatic carbocycles. The van der Waals surface area contributed by atoms with Crippen molar-refractivity contribution in [2.45, 2.75) is 4.90 Å². The number of ether oxygens (including phenoxy) is 3. The first-order chi connectivity index (χ1) is 12.3. The molecule has 10 heteroatoms. The summed E-state index contributed by atoms with van der Waals surface area (Å²) in [6.45, 7) is 0.856. The molecular weight excluding hydrogens is 428 g/mol. The summed E-state index contributed by atoms with van der Waals surface area (Å²) in [5, 5.41) is 7.83. The first kappa shape index (κ1) is 18.5. The predicted octanol–water partition coefficient (Wildman–Crippen LogP) is 2.13. The molecule has 0 aromatic heterocycles. The number of rotatable bonds is 4. The minimum Gasteiger partial charge on any atom is -0.496 e. The van der Waals surface area contributed by atoms with Gasteiger partial charge < -0.3 is 19.5 Å². The van der Waals surface area contributed by atoms with Gasteiger partial charge in [-0.25, -0.2) is 13.6 Å². The second kappa shape index (κ2) is 7.14. The number of amides is 1. The largest absolute Gasteiger partial charge is 0.496 e. The molecule has 1 heterocycles. The molecule has 1 amide bonds. The first-order valence-electron chi connectivity index (χ1n) is 7.41. The number of nitrogens with two attached hydrogens (primary N) is 1. The number of fused-ring (bicyclic) bond motifs is 1. The molecule has 0 unspecified atom stereocenters. The molecule has 0 aliphatic carbocycles. The first-order valence-corrected chi connectivity index (χ1v) is 9.75. The number of carbonyl (C=O) groups excluding carboxylic acids is 1. The van der Waals surface area contributed by atoms with Crippen molar-refractivity contribution in [3.63, 3.8) is 0 Å². The van der Waals surface area contributed by atoms with E-state index < -0.39 is 15.9 Å². The van der Waals surface area contributed by atoms with E-state index in [4.69, 9.17) is 19.3 Å². The van der Waals surface area contributed by atoms with Gasteiger partial charge in [0, 0.05) is 16.6 Å². The fourth-order valence-corrected chi connectivity index (χ4v) is 3.35. The standard InChI is InChI=1S/C16H15BrN2O6S/c1-23-13-3-2-9(26(18,21)22)6-10(13)16(20)19-12-8-15-14(7-11(12)17)24-4-5-25-15/h2-3,6-8H,4-5H2,1H3,(H,19,20)(H2,18,21,22). The van der Waals surface area contributed by atoms with Crippen molar-refractivity contribution in [2.24, 2.45) is 5.14 Å². The van der Waals surface area contributed by atoms with Crippen LogP contribution < -0.4 is 24.7 Å². The van der Waals surface area contributed by atoms with E-state index in [2.05, 4.69) is 21.2 Å². The van der Waals surface area contributed by atoms with Gasteiger partial charge in [0.2, 0.25) is 10.0 Å². The number of carbonyl (C=O) groups is 1. The molecule has 3 rings (SSSR count). The SMILES string of the molecule is COc1ccc(S(N)(=O)=O)cc1C(=O)Nc1cc2c(cc1Br)OCCO2. The Morgan fingerprint density at radius 1 is 1.19 bits per heavy atom. The zero-order valence-corrected chi connectivity index (χ0v) is 16.0. The third kappa shape index (κ3) is 3.76. The topological polar surface area (TPSA) is 117 Å². The van der Waals surface area contributed by atoms with Crippen LogP contribution in [-0.2, 0) is 10.0 Å². The number of nitrogens with one attached hydrogen (secondary N) is 1. The van der Waals surface area contributed by atoms with Gasteiger partial charge in [0.05, 0.1) is 23.3 Å². The summed E-state index contributed by atoms with van der Waals surface area (Å²) < 4.78 is 39.8. The Morgan fingerprint density at radius 3 is 2.46 bits per heavy atom. The Kier molecular flexibility index (Phi) is 5.08. The Labute approximate surface area is 158 Å². The third-order valence-electron chi connectivity index (χ3n) is 3.62. The molecule has 0 saturated carbocycles. The number of hydrogen-bond acceptors (Lipinski definition) is 6. The molecule has 138 valence electrons. The van der Waals surface area contributed by atoms with Crippen molar-refractivity contribution >= 4 is 37.5 Å². The highest BCUT2D eigenvalue weighted by Crippen LogP contribution is 2.38. The van der Waals surface area contributed by atoms with Crippen molar-refractivity contribution in [3.8, 4) is 17.2 Å². The van der Waals surface area contributed by atoms with E-state index in [0.29, 0.717) is 34.9 Å². The number of hydrogen-bond donors (Lipinski definition) is 2. The fourth-order valence-electron chi connectivity index (χ4n) is 2.39. The highest BCUT2D eigenvalue weighted by atomic mass is 79.9. The van der Waals surface area contributed by atoms with Crippen molar-refractivity contribution in [2.75, 3.05) is 25.6 Å². The lowest BCUT2D eigenvalue weighted by atomic mass is 10.1. The average molecular weight is 443 g/mol. The van der Waals surface area contributed by atoms with Crippen LogP contribution in [0.2, 0.25) is 0 Å². The summed E-state index contributed by atoms with van der Waals surface area (Å²) in [5.74, 6) is 0.711. The molecule has 0 bridgehead atoms. The lowest BCUT2D eigenvalue weighted by molar-refractivity contribution is 0.102. The number of anilines is 1. The second-order valence-corrected chi connectivity index (χ2v) is 7.75. The van der Waals surface area contributed by atoms with Gasteiger partial charge in [0.15, 0.2) is 11.5 Å². The van der Waals surface area contributed by atoms with E-state index in [1.165, 1.54) is 19.2 Å². The summed E-state index contributed by atoms with van der Waals surface area (Å²) >= 11 is 3.36. The van der Waals surface area contributed by atoms with E-state index in [9.17, 15) is 13.2 Å². The second-order valence-electron chi connectivity index (χ2n) is 5.34. The maximum atomic E-state index is 12.7. The minimum absolute atomic E-state index is 0.0285. The zero-order valence-electron chi connectivity index (χ0n) is 13.6. The van der Waals surface area contributed by atoms with Crippen LogP contribution in [0.3, 0.4) is 0 Å². The summed E-state index contributed by atoms with van der Waals surface area (Å²) in [6, 6.07) is 7.10. The van der Waals surface area contributed by atoms with E-state index in [1.807, 2.05) is 0 Å². The maximum absolute atomic E-state index is 12.7. The quantitative estimate of drug-likeness (QED) is 0.748. The molecule has 8 nitrogen and oxygen atoms in total. The van der Waals surface area contributed by atoms with E-state index >= 15 is 0 Å². The Bertz CT molecular complexity index is 977. The molecule has 0 saturated heterocycles. The molecule has 0 radical (unpaired) electrons. The van der Waals surface area contributed by atoms with Crippen LogP contribution in [0.1, 0.15) is 10.4 Å². The molecule has 0 fully saturated rings. The smallest absolute Gasteiger partial charge is 0.259 e. The normalized spacial score (nSPS) is 13.2. The van der Waals surface area contributed by atoms with Gasteiger partial charge in [-0.15, -0.1) is 0 Å². The number of methoxy groups -OCH3 is 1. The van der Waals surface area contributed by atoms with Crippen LogP contribution in [0.25, 0.3) is 0 Å². The average Bonchev–Trinajstić information content (AvgIpc) is 2.61. The van der Waals surface area contributed by atoms with Crippen LogP contribution in [0.4, 0.5) is 5.69 Å². The van der Waals surface area contributed by atoms with E-state index in [0.717, 1.165) is 6.07 Å². The summed E-state index contributed by atoms with van der Waals surface area (Å²) in [6.07, 6.45) is 0. The van der Waals surface area contributed by atoms with Crippen molar-refractivity contribution in [1.29, 1.82) is 0 Å². The van der Waals surface area contributed by atoms with Gasteiger partial charge in [0.25, 0.3) is 5.91 Å². The van der Waals surface area contributed by atoms with Crippen LogP contribution in [0.5, 0.6) is 17.2 Å². The van der Waals surface area contributed by atoms with Crippen LogP contribution >= 0.6 is 15.9 Å². The summed E-state index contributed by atoms with van der Waals surface area (Å²) in [5.41, 5.74) is 0.461. The van der Waals surface area contributed by atoms with Crippen LogP contribution in [0, 0.1) is 0 Å². The molecule has 1 aliphatic heterocycles. The third-order valence-corrected chi connectivity index (χ3v) is 5.19. The van der Waals surface area contributed by atoms with Gasteiger partial charge in [-0.2, -0.15) is 0 Å². The highest BCUT2D eigenvalue weighted by molar-refractivity contribution is 9.10. The summed E-state index contributed by atoms with van der Waals surface area (Å²) in [4.78, 5) is 12.5. The molecule has 2 aromatic rings. The molecule has 26 heavy (non-hydrogen) atoms. The number of benzene rings is 2. The summed E-state index contributed by atoms with van der Waals surface area (Å²) in [7, 11) is -2.58. The lowest BCUT2D eigenvalue weighted by Crippen LogP contribution is -2.18. The van der Waals surface area contributed by atoms with Gasteiger partial charge in [0.1, 0.15) is 19.0 Å². The van der Waals surface area contributed by atoms with Crippen molar-refractivity contribution in [1.82, 2.24) is 0 Å². The Morgan fingerprint density at radius 2 is 1.85 bits per heavy atom. The molecule has 1 aliphatic rings. The van der Waals surface area contributed by atoms with Crippen LogP contribution in [-0.4, -0.2) is 34.6 Å². The van der Waals surface area contributed by atoms with Gasteiger partial charge in [-0.05, 0) is 34.1 Å². The van der Waals surface area contributed by atoms with E-state index in [-0.39, 0.29) is 16.2 Å². The van der Waals surface area contributed by atoms with Crippen molar-refractivity contribution < 1.29 is 27.4 Å². The maximum Gasteiger partial charge on any atom is 0.259 e. The Balaban J connectivity index is 1.95. The highest BCUT2D eigenvalue weighted by Gasteiger charge is 2.20. The van der Waals surface area contributed by atoms with E-state index in [1.54, 1.807) is 12.1 Å². The molecular formula is C16H15BrN2O6S. The van der Waals surface area contributed by atoms with Gasteiger partial charge in [-0.1, -0.05) is 0 Å². The van der Waals surface area contributed by atoms with Gasteiger partial charge in [-0.3, -0.25) is 4.79 Å². The van der Waals surface area contributed by atoms with Crippen molar-refractivity contribution in [3.05, 3.63) is 40.4 Å². The monoisotopic (exact) mass is 442 g/mol. The Hall–Kier alpha value is -2.30. The molecule has 3 N–H and O–H groups in total. The molecule has 0 atom stereocenters. The van der Waals surface area contributed by atoms with Crippen LogP contribution in [0.15, 0.2) is 39.7 Å². The number of sulfonamides is 1. The fraction of sp³-hybridized carbons (Fsp3) is 0.188. The lowest BCUT2D eigenvalue weighted by Gasteiger charge is -2.20. The molecule has 0 spiro atoms. The predicted molar refractivity (Wildman–Crippen MR) is 97.5 cm³/mol.